The van der Waals surface area contributed by atoms with Crippen LogP contribution < -0.4 is 21.0 Å². The molecule has 0 fully saturated rings. The molecule has 3 aromatic carbocycles. The Labute approximate surface area is 202 Å². The number of hydrogen-bond donors (Lipinski definition) is 2. The average molecular weight is 485 g/mol. The van der Waals surface area contributed by atoms with Crippen molar-refractivity contribution in [3.8, 4) is 11.4 Å². The van der Waals surface area contributed by atoms with Gasteiger partial charge in [-0.05, 0) is 36.4 Å². The van der Waals surface area contributed by atoms with E-state index in [1.165, 1.54) is 18.2 Å². The minimum Gasteiger partial charge on any atom is -0.321 e. The smallest absolute Gasteiger partial charge is 0.321 e. The van der Waals surface area contributed by atoms with Gasteiger partial charge in [0.2, 0.25) is 0 Å². The number of nitrogens with zero attached hydrogens (tertiary/aromatic N) is 5. The quantitative estimate of drug-likeness (QED) is 0.388. The molecule has 1 aliphatic rings. The van der Waals surface area contributed by atoms with E-state index in [4.69, 9.17) is 5.10 Å². The Balaban J connectivity index is 1.48. The Kier molecular flexibility index (Phi) is 5.14. The summed E-state index contributed by atoms with van der Waals surface area (Å²) in [4.78, 5) is 8.94. The second kappa shape index (κ2) is 8.49. The Morgan fingerprint density at radius 1 is 0.833 bits per heavy atom. The first-order valence-electron chi connectivity index (χ1n) is 11.1. The highest BCUT2D eigenvalue weighted by Gasteiger charge is 2.34. The number of nitrogens with one attached hydrogen (secondary N) is 2. The molecule has 6 rings (SSSR count). The zero-order chi connectivity index (χ0) is 24.7. The predicted molar refractivity (Wildman–Crippen MR) is 131 cm³/mol. The summed E-state index contributed by atoms with van der Waals surface area (Å²) in [7, 11) is 0. The van der Waals surface area contributed by atoms with E-state index >= 15 is 0 Å². The third kappa shape index (κ3) is 3.92. The van der Waals surface area contributed by atoms with E-state index in [1.54, 1.807) is 18.2 Å². The molecule has 3 heterocycles. The summed E-state index contributed by atoms with van der Waals surface area (Å²) in [5.74, 6) is 0.692. The fraction of sp³-hybridized carbons (Fsp3) is 0.0769. The van der Waals surface area contributed by atoms with Crippen molar-refractivity contribution in [2.24, 2.45) is 5.10 Å². The predicted octanol–water partition coefficient (Wildman–Crippen LogP) is 4.62. The van der Waals surface area contributed by atoms with Crippen molar-refractivity contribution in [2.45, 2.75) is 6.18 Å². The first-order valence-corrected chi connectivity index (χ1v) is 11.1. The van der Waals surface area contributed by atoms with Crippen LogP contribution in [-0.2, 0) is 6.18 Å². The highest BCUT2D eigenvalue weighted by molar-refractivity contribution is 5.92. The van der Waals surface area contributed by atoms with Gasteiger partial charge in [0.15, 0.2) is 17.0 Å². The standard InChI is InChI=1S/C26H18F3N7/c27-26(28,29)19-12-6-4-10-17(19)23-30-20-13-7-5-11-18(20)24(31-23)32-25-22-21(33-34-25)14-15-36(35-22)16-8-2-1-3-9-16/h1-14,33H,15H2,(H,30,31,32,34). The van der Waals surface area contributed by atoms with Crippen molar-refractivity contribution < 1.29 is 13.2 Å². The largest absolute Gasteiger partial charge is 0.417 e. The SMILES string of the molecule is FC(F)(F)c1ccccc1-c1nc(Nc2n[nH]c3c2=NN(c2ccccc2)CC=3)c2ccccc2n1. The summed E-state index contributed by atoms with van der Waals surface area (Å²) in [6.07, 6.45) is -2.58. The van der Waals surface area contributed by atoms with E-state index in [0.717, 1.165) is 17.1 Å². The highest BCUT2D eigenvalue weighted by atomic mass is 19.4. The van der Waals surface area contributed by atoms with E-state index in [1.807, 2.05) is 47.5 Å². The van der Waals surface area contributed by atoms with Crippen LogP contribution in [0.1, 0.15) is 5.56 Å². The van der Waals surface area contributed by atoms with E-state index < -0.39 is 11.7 Å². The average Bonchev–Trinajstić information content (AvgIpc) is 3.30. The normalized spacial score (nSPS) is 13.1. The van der Waals surface area contributed by atoms with Crippen LogP contribution in [-0.4, -0.2) is 26.7 Å². The van der Waals surface area contributed by atoms with Crippen molar-refractivity contribution in [3.63, 3.8) is 0 Å². The number of alkyl halides is 3. The van der Waals surface area contributed by atoms with Gasteiger partial charge in [-0.25, -0.2) is 9.97 Å². The lowest BCUT2D eigenvalue weighted by molar-refractivity contribution is -0.137. The lowest BCUT2D eigenvalue weighted by Gasteiger charge is -2.19. The first-order chi connectivity index (χ1) is 17.5. The molecule has 0 saturated carbocycles. The Morgan fingerprint density at radius 2 is 1.58 bits per heavy atom. The molecule has 0 radical (unpaired) electrons. The lowest BCUT2D eigenvalue weighted by Crippen LogP contribution is -2.36. The first kappa shape index (κ1) is 21.8. The monoisotopic (exact) mass is 485 g/mol. The fourth-order valence-electron chi connectivity index (χ4n) is 4.11. The molecular weight excluding hydrogens is 467 g/mol. The number of fused-ring (bicyclic) bond motifs is 2. The molecule has 2 N–H and O–H groups in total. The Bertz CT molecular complexity index is 1690. The van der Waals surface area contributed by atoms with Gasteiger partial charge in [-0.2, -0.15) is 23.4 Å². The van der Waals surface area contributed by atoms with Crippen molar-refractivity contribution in [1.29, 1.82) is 0 Å². The molecule has 0 atom stereocenters. The molecule has 36 heavy (non-hydrogen) atoms. The summed E-state index contributed by atoms with van der Waals surface area (Å²) >= 11 is 0. The van der Waals surface area contributed by atoms with Crippen LogP contribution in [0.2, 0.25) is 0 Å². The molecule has 2 aromatic heterocycles. The molecule has 1 aliphatic heterocycles. The molecule has 0 bridgehead atoms. The van der Waals surface area contributed by atoms with Crippen molar-refractivity contribution in [2.75, 3.05) is 16.9 Å². The molecular formula is C26H18F3N7. The van der Waals surface area contributed by atoms with Gasteiger partial charge in [0.1, 0.15) is 5.82 Å². The number of H-pyrrole nitrogens is 1. The van der Waals surface area contributed by atoms with Crippen LogP contribution in [0.3, 0.4) is 0 Å². The zero-order valence-corrected chi connectivity index (χ0v) is 18.7. The van der Waals surface area contributed by atoms with Crippen molar-refractivity contribution >= 4 is 34.3 Å². The van der Waals surface area contributed by atoms with Crippen LogP contribution in [0.5, 0.6) is 0 Å². The molecule has 0 spiro atoms. The van der Waals surface area contributed by atoms with Crippen molar-refractivity contribution in [1.82, 2.24) is 20.2 Å². The number of para-hydroxylation sites is 2. The molecule has 0 saturated heterocycles. The van der Waals surface area contributed by atoms with Gasteiger partial charge in [0.25, 0.3) is 0 Å². The van der Waals surface area contributed by atoms with Gasteiger partial charge < -0.3 is 5.32 Å². The van der Waals surface area contributed by atoms with E-state index in [0.29, 0.717) is 34.4 Å². The van der Waals surface area contributed by atoms with Crippen LogP contribution in [0.25, 0.3) is 28.4 Å². The van der Waals surface area contributed by atoms with Gasteiger partial charge in [0, 0.05) is 10.9 Å². The minimum atomic E-state index is -4.55. The molecule has 0 amide bonds. The van der Waals surface area contributed by atoms with Gasteiger partial charge in [-0.3, -0.25) is 10.1 Å². The molecule has 0 aliphatic carbocycles. The number of anilines is 3. The number of aromatic amines is 1. The second-order valence-electron chi connectivity index (χ2n) is 8.14. The summed E-state index contributed by atoms with van der Waals surface area (Å²) in [5, 5.41) is 19.0. The summed E-state index contributed by atoms with van der Waals surface area (Å²) < 4.78 is 41.1. The maximum Gasteiger partial charge on any atom is 0.417 e. The number of aromatic nitrogens is 4. The van der Waals surface area contributed by atoms with E-state index in [9.17, 15) is 13.2 Å². The third-order valence-electron chi connectivity index (χ3n) is 5.82. The molecule has 5 aromatic rings. The summed E-state index contributed by atoms with van der Waals surface area (Å²) in [5.41, 5.74) is 0.522. The number of benzene rings is 3. The van der Waals surface area contributed by atoms with Gasteiger partial charge >= 0.3 is 6.18 Å². The van der Waals surface area contributed by atoms with Gasteiger partial charge in [-0.15, -0.1) is 0 Å². The Morgan fingerprint density at radius 3 is 2.42 bits per heavy atom. The van der Waals surface area contributed by atoms with Crippen LogP contribution in [0.4, 0.5) is 30.5 Å². The maximum atomic E-state index is 13.7. The van der Waals surface area contributed by atoms with E-state index in [2.05, 4.69) is 25.5 Å². The molecule has 7 nitrogen and oxygen atoms in total. The Hall–Kier alpha value is -4.73. The summed E-state index contributed by atoms with van der Waals surface area (Å²) in [6, 6.07) is 22.1. The number of halogens is 3. The fourth-order valence-corrected chi connectivity index (χ4v) is 4.11. The highest BCUT2D eigenvalue weighted by Crippen LogP contribution is 2.37. The third-order valence-corrected chi connectivity index (χ3v) is 5.82. The summed E-state index contributed by atoms with van der Waals surface area (Å²) in [6.45, 7) is 0.563. The molecule has 10 heteroatoms. The zero-order valence-electron chi connectivity index (χ0n) is 18.7. The van der Waals surface area contributed by atoms with Gasteiger partial charge in [0.05, 0.1) is 28.7 Å². The lowest BCUT2D eigenvalue weighted by atomic mass is 10.1. The molecule has 178 valence electrons. The van der Waals surface area contributed by atoms with Crippen molar-refractivity contribution in [3.05, 3.63) is 95.1 Å². The minimum absolute atomic E-state index is 0.0389. The van der Waals surface area contributed by atoms with Crippen LogP contribution in [0.15, 0.2) is 84.0 Å². The van der Waals surface area contributed by atoms with Crippen LogP contribution in [0, 0.1) is 0 Å². The maximum absolute atomic E-state index is 13.7. The van der Waals surface area contributed by atoms with Crippen LogP contribution >= 0.6 is 0 Å². The topological polar surface area (TPSA) is 82.1 Å². The number of rotatable bonds is 4. The van der Waals surface area contributed by atoms with Gasteiger partial charge in [-0.1, -0.05) is 48.5 Å². The molecule has 0 unspecified atom stereocenters. The van der Waals surface area contributed by atoms with E-state index in [-0.39, 0.29) is 11.4 Å². The number of hydrogen-bond acceptors (Lipinski definition) is 6. The second-order valence-corrected chi connectivity index (χ2v) is 8.14.